The Bertz CT molecular complexity index is 1480. The van der Waals surface area contributed by atoms with Crippen molar-refractivity contribution in [1.29, 1.82) is 0 Å². The zero-order chi connectivity index (χ0) is 32.3. The van der Waals surface area contributed by atoms with Crippen molar-refractivity contribution in [2.24, 2.45) is 5.73 Å². The van der Waals surface area contributed by atoms with Gasteiger partial charge in [-0.1, -0.05) is 47.6 Å². The lowest BCUT2D eigenvalue weighted by Gasteiger charge is -2.43. The lowest BCUT2D eigenvalue weighted by atomic mass is 9.88. The fourth-order valence-corrected chi connectivity index (χ4v) is 8.10. The highest BCUT2D eigenvalue weighted by atomic mass is 32.2. The maximum Gasteiger partial charge on any atom is 0.330 e. The van der Waals surface area contributed by atoms with E-state index in [0.29, 0.717) is 0 Å². The van der Waals surface area contributed by atoms with Gasteiger partial charge < -0.3 is 24.4 Å². The van der Waals surface area contributed by atoms with Crippen molar-refractivity contribution in [1.82, 2.24) is 9.55 Å². The first kappa shape index (κ1) is 34.6. The summed E-state index contributed by atoms with van der Waals surface area (Å²) >= 11 is 0. The van der Waals surface area contributed by atoms with Crippen LogP contribution in [0.5, 0.6) is 0 Å². The summed E-state index contributed by atoms with van der Waals surface area (Å²) in [5, 5.41) is 8.88. The molecule has 1 saturated heterocycles. The van der Waals surface area contributed by atoms with Gasteiger partial charge in [-0.15, -0.1) is 0 Å². The van der Waals surface area contributed by atoms with E-state index in [0.717, 1.165) is 0 Å². The Kier molecular flexibility index (Phi) is 9.28. The quantitative estimate of drug-likeness (QED) is 0.282. The van der Waals surface area contributed by atoms with Gasteiger partial charge in [-0.25, -0.2) is 8.98 Å². The maximum absolute atomic E-state index is 13.5. The van der Waals surface area contributed by atoms with E-state index in [1.54, 1.807) is 6.92 Å². The van der Waals surface area contributed by atoms with Crippen LogP contribution in [0, 0.1) is 6.92 Å². The molecular formula is C27H47N3O9SSi2. The number of aryl methyl sites for hydroxylation is 1. The monoisotopic (exact) mass is 645 g/mol. The van der Waals surface area contributed by atoms with Gasteiger partial charge in [0.15, 0.2) is 28.5 Å². The third-order valence-electron chi connectivity index (χ3n) is 9.09. The molecule has 0 aromatic carbocycles. The van der Waals surface area contributed by atoms with Crippen LogP contribution in [0.1, 0.15) is 53.3 Å². The average molecular weight is 646 g/mol. The number of rotatable bonds is 8. The molecule has 12 nitrogen and oxygen atoms in total. The molecule has 0 saturated carbocycles. The van der Waals surface area contributed by atoms with E-state index in [9.17, 15) is 23.1 Å². The van der Waals surface area contributed by atoms with E-state index in [1.165, 1.54) is 22.9 Å². The standard InChI is InChI=1S/C27H47N3O9SSi2/c1-17-15-30(24(33)29-22(17)32)23-21(38-42(10,11)26(5,6)7)27(19(37-23)16-36-41(8,9)25(2,3)4)20(28)18(13-12-14-31)40(34,35)39-27/h12-13,15,19,21,23,31H,14,16,28H2,1-11H3,(H,29,32,33)/b13-12+. The molecule has 4 N–H and O–H groups in total. The van der Waals surface area contributed by atoms with Crippen LogP contribution in [0.2, 0.25) is 36.3 Å². The first-order valence-electron chi connectivity index (χ1n) is 14.0. The average Bonchev–Trinajstić information content (AvgIpc) is 3.21. The van der Waals surface area contributed by atoms with Crippen LogP contribution in [0.4, 0.5) is 0 Å². The molecule has 0 radical (unpaired) electrons. The maximum atomic E-state index is 13.5. The molecule has 1 aromatic rings. The zero-order valence-corrected chi connectivity index (χ0v) is 29.3. The molecular weight excluding hydrogens is 599 g/mol. The lowest BCUT2D eigenvalue weighted by Crippen LogP contribution is -2.59. The van der Waals surface area contributed by atoms with E-state index in [2.05, 4.69) is 25.8 Å². The first-order valence-corrected chi connectivity index (χ1v) is 21.2. The summed E-state index contributed by atoms with van der Waals surface area (Å²) < 4.78 is 54.1. The Balaban J connectivity index is 2.36. The topological polar surface area (TPSA) is 172 Å². The molecule has 0 aliphatic carbocycles. The highest BCUT2D eigenvalue weighted by Crippen LogP contribution is 2.53. The van der Waals surface area contributed by atoms with Crippen LogP contribution < -0.4 is 17.0 Å². The molecule has 238 valence electrons. The molecule has 1 aromatic heterocycles. The van der Waals surface area contributed by atoms with Crippen LogP contribution in [-0.2, 0) is 27.9 Å². The fraction of sp³-hybridized carbons (Fsp3) is 0.704. The molecule has 4 unspecified atom stereocenters. The van der Waals surface area contributed by atoms with Crippen molar-refractivity contribution in [3.8, 4) is 0 Å². The van der Waals surface area contributed by atoms with Gasteiger partial charge in [0.2, 0.25) is 0 Å². The van der Waals surface area contributed by atoms with Crippen molar-refractivity contribution in [2.75, 3.05) is 13.2 Å². The minimum atomic E-state index is -4.45. The van der Waals surface area contributed by atoms with Crippen molar-refractivity contribution in [2.45, 2.75) is 109 Å². The number of hydrogen-bond donors (Lipinski definition) is 3. The predicted molar refractivity (Wildman–Crippen MR) is 165 cm³/mol. The summed E-state index contributed by atoms with van der Waals surface area (Å²) in [5.74, 6) is 0. The largest absolute Gasteiger partial charge is 0.414 e. The van der Waals surface area contributed by atoms with Crippen LogP contribution in [0.25, 0.3) is 0 Å². The van der Waals surface area contributed by atoms with Gasteiger partial charge in [0.1, 0.15) is 17.1 Å². The van der Waals surface area contributed by atoms with Crippen molar-refractivity contribution < 1.29 is 31.3 Å². The first-order chi connectivity index (χ1) is 18.9. The fourth-order valence-electron chi connectivity index (χ4n) is 4.39. The summed E-state index contributed by atoms with van der Waals surface area (Å²) in [7, 11) is -9.58. The second-order valence-corrected chi connectivity index (χ2v) is 25.1. The summed E-state index contributed by atoms with van der Waals surface area (Å²) in [6.45, 7) is 21.3. The van der Waals surface area contributed by atoms with Gasteiger partial charge in [0, 0.05) is 11.8 Å². The normalized spacial score (nSPS) is 27.1. The van der Waals surface area contributed by atoms with Crippen LogP contribution in [-0.4, -0.2) is 70.7 Å². The summed E-state index contributed by atoms with van der Waals surface area (Å²) in [4.78, 5) is 27.4. The Morgan fingerprint density at radius 3 is 2.21 bits per heavy atom. The molecule has 3 rings (SSSR count). The van der Waals surface area contributed by atoms with E-state index in [4.69, 9.17) is 23.5 Å². The number of ether oxygens (including phenoxy) is 1. The number of H-pyrrole nitrogens is 1. The summed E-state index contributed by atoms with van der Waals surface area (Å²) in [5.41, 5.74) is 3.55. The molecule has 0 bridgehead atoms. The molecule has 42 heavy (non-hydrogen) atoms. The third-order valence-corrected chi connectivity index (χ3v) is 19.4. The highest BCUT2D eigenvalue weighted by Gasteiger charge is 2.68. The molecule has 15 heteroatoms. The van der Waals surface area contributed by atoms with Crippen LogP contribution >= 0.6 is 0 Å². The van der Waals surface area contributed by atoms with Crippen molar-refractivity contribution >= 4 is 26.8 Å². The van der Waals surface area contributed by atoms with E-state index in [-0.39, 0.29) is 32.8 Å². The lowest BCUT2D eigenvalue weighted by molar-refractivity contribution is -0.0563. The molecule has 1 spiro atoms. The number of aliphatic hydroxyl groups excluding tert-OH is 1. The SMILES string of the molecule is Cc1cn(C2OC(CO[Si](C)(C)C(C)(C)C)C3(OS(=O)(=O)C(/C=C/CO)=C3N)C2O[Si](C)(C)C(C)(C)C)c(=O)[nH]c1=O. The molecule has 1 fully saturated rings. The summed E-state index contributed by atoms with van der Waals surface area (Å²) in [6.07, 6.45) is 0.206. The van der Waals surface area contributed by atoms with Crippen molar-refractivity contribution in [3.63, 3.8) is 0 Å². The second-order valence-electron chi connectivity index (χ2n) is 14.1. The number of nitrogens with one attached hydrogen (secondary N) is 1. The Morgan fingerprint density at radius 1 is 1.12 bits per heavy atom. The van der Waals surface area contributed by atoms with Crippen LogP contribution in [0.15, 0.2) is 38.5 Å². The van der Waals surface area contributed by atoms with Gasteiger partial charge in [-0.2, -0.15) is 8.42 Å². The number of nitrogens with two attached hydrogens (primary N) is 1. The van der Waals surface area contributed by atoms with E-state index < -0.39 is 68.6 Å². The molecule has 0 amide bonds. The Morgan fingerprint density at radius 2 is 1.69 bits per heavy atom. The number of aromatic nitrogens is 2. The molecule has 2 aliphatic heterocycles. The van der Waals surface area contributed by atoms with E-state index in [1.807, 2.05) is 47.0 Å². The molecule has 2 aliphatic rings. The zero-order valence-electron chi connectivity index (χ0n) is 26.5. The van der Waals surface area contributed by atoms with Gasteiger partial charge in [0.25, 0.3) is 15.7 Å². The Hall–Kier alpha value is -1.86. The Labute approximate surface area is 250 Å². The molecule has 4 atom stereocenters. The van der Waals surface area contributed by atoms with Crippen LogP contribution in [0.3, 0.4) is 0 Å². The van der Waals surface area contributed by atoms with E-state index >= 15 is 0 Å². The number of hydrogen-bond acceptors (Lipinski definition) is 10. The minimum Gasteiger partial charge on any atom is -0.414 e. The van der Waals surface area contributed by atoms with Crippen molar-refractivity contribution in [3.05, 3.63) is 55.4 Å². The smallest absolute Gasteiger partial charge is 0.330 e. The van der Waals surface area contributed by atoms with Gasteiger partial charge in [0.05, 0.1) is 18.9 Å². The highest BCUT2D eigenvalue weighted by molar-refractivity contribution is 7.91. The van der Waals surface area contributed by atoms with Gasteiger partial charge in [-0.05, 0) is 49.3 Å². The minimum absolute atomic E-state index is 0.103. The number of aromatic amines is 1. The molecule has 3 heterocycles. The van der Waals surface area contributed by atoms with Gasteiger partial charge in [-0.3, -0.25) is 14.3 Å². The number of nitrogens with zero attached hydrogens (tertiary/aromatic N) is 1. The second kappa shape index (κ2) is 11.3. The number of allylic oxidation sites excluding steroid dienone is 1. The third kappa shape index (κ3) is 6.07. The number of aliphatic hydroxyl groups is 1. The van der Waals surface area contributed by atoms with Gasteiger partial charge >= 0.3 is 5.69 Å². The predicted octanol–water partition coefficient (Wildman–Crippen LogP) is 2.97. The summed E-state index contributed by atoms with van der Waals surface area (Å²) in [6, 6.07) is 0.